The predicted molar refractivity (Wildman–Crippen MR) is 107 cm³/mol. The summed E-state index contributed by atoms with van der Waals surface area (Å²) >= 11 is 9.85. The average molecular weight is 459 g/mol. The summed E-state index contributed by atoms with van der Waals surface area (Å²) in [5.74, 6) is 0.925. The molecule has 1 amide bonds. The van der Waals surface area contributed by atoms with Crippen LogP contribution in [0.2, 0.25) is 5.02 Å². The fourth-order valence-electron chi connectivity index (χ4n) is 1.80. The van der Waals surface area contributed by atoms with Crippen molar-refractivity contribution in [2.45, 2.75) is 12.7 Å². The molecule has 0 bridgehead atoms. The summed E-state index contributed by atoms with van der Waals surface area (Å²) in [5.41, 5.74) is 5.40. The van der Waals surface area contributed by atoms with E-state index in [0.717, 1.165) is 21.9 Å². The van der Waals surface area contributed by atoms with Gasteiger partial charge in [0, 0.05) is 14.3 Å². The molecule has 0 aromatic heterocycles. The fraction of sp³-hybridized carbons (Fsp3) is 0.176. The molecule has 0 fully saturated rings. The second-order valence-electron chi connectivity index (χ2n) is 4.82. The van der Waals surface area contributed by atoms with E-state index in [4.69, 9.17) is 11.6 Å². The zero-order valence-electron chi connectivity index (χ0n) is 12.6. The summed E-state index contributed by atoms with van der Waals surface area (Å²) in [5, 5.41) is 4.87. The Kier molecular flexibility index (Phi) is 7.39. The van der Waals surface area contributed by atoms with Crippen LogP contribution < -0.4 is 5.43 Å². The van der Waals surface area contributed by atoms with E-state index >= 15 is 0 Å². The third-order valence-corrected chi connectivity index (χ3v) is 5.13. The SMILES string of the molecule is C/C(=N\NC(=O)CSCc1ccccc1Cl)c1ccc(I)cc1. The Morgan fingerprint density at radius 2 is 1.91 bits per heavy atom. The monoisotopic (exact) mass is 458 g/mol. The molecule has 1 N–H and O–H groups in total. The molecule has 3 nitrogen and oxygen atoms in total. The fourth-order valence-corrected chi connectivity index (χ4v) is 3.27. The predicted octanol–water partition coefficient (Wildman–Crippen LogP) is 4.72. The van der Waals surface area contributed by atoms with Crippen molar-refractivity contribution < 1.29 is 4.79 Å². The summed E-state index contributed by atoms with van der Waals surface area (Å²) in [6.07, 6.45) is 0. The van der Waals surface area contributed by atoms with Gasteiger partial charge in [0.15, 0.2) is 0 Å². The smallest absolute Gasteiger partial charge is 0.250 e. The van der Waals surface area contributed by atoms with E-state index in [-0.39, 0.29) is 5.91 Å². The van der Waals surface area contributed by atoms with Crippen molar-refractivity contribution in [2.24, 2.45) is 5.10 Å². The standard InChI is InChI=1S/C17H16ClIN2OS/c1-12(13-6-8-15(19)9-7-13)20-21-17(22)11-23-10-14-4-2-3-5-16(14)18/h2-9H,10-11H2,1H3,(H,21,22)/b20-12+. The van der Waals surface area contributed by atoms with Crippen molar-refractivity contribution in [1.82, 2.24) is 5.43 Å². The van der Waals surface area contributed by atoms with Crippen LogP contribution in [0.3, 0.4) is 0 Å². The van der Waals surface area contributed by atoms with Crippen molar-refractivity contribution in [3.05, 3.63) is 68.3 Å². The first kappa shape index (κ1) is 18.3. The largest absolute Gasteiger partial charge is 0.272 e. The van der Waals surface area contributed by atoms with E-state index in [1.165, 1.54) is 15.3 Å². The number of nitrogens with zero attached hydrogens (tertiary/aromatic N) is 1. The summed E-state index contributed by atoms with van der Waals surface area (Å²) < 4.78 is 1.17. The molecule has 0 spiro atoms. The summed E-state index contributed by atoms with van der Waals surface area (Å²) in [7, 11) is 0. The second-order valence-corrected chi connectivity index (χ2v) is 7.46. The van der Waals surface area contributed by atoms with Gasteiger partial charge in [0.25, 0.3) is 0 Å². The van der Waals surface area contributed by atoms with Gasteiger partial charge in [0.2, 0.25) is 5.91 Å². The van der Waals surface area contributed by atoms with Crippen molar-refractivity contribution >= 4 is 57.6 Å². The van der Waals surface area contributed by atoms with Crippen LogP contribution in [0.1, 0.15) is 18.1 Å². The van der Waals surface area contributed by atoms with Crippen LogP contribution in [-0.4, -0.2) is 17.4 Å². The summed E-state index contributed by atoms with van der Waals surface area (Å²) in [4.78, 5) is 11.8. The molecule has 23 heavy (non-hydrogen) atoms. The van der Waals surface area contributed by atoms with Gasteiger partial charge in [-0.1, -0.05) is 41.9 Å². The van der Waals surface area contributed by atoms with Gasteiger partial charge in [-0.25, -0.2) is 5.43 Å². The number of rotatable bonds is 6. The zero-order valence-corrected chi connectivity index (χ0v) is 16.3. The third kappa shape index (κ3) is 6.16. The molecule has 0 unspecified atom stereocenters. The molecule has 120 valence electrons. The Labute approximate surface area is 159 Å². The van der Waals surface area contributed by atoms with E-state index in [9.17, 15) is 4.79 Å². The van der Waals surface area contributed by atoms with Crippen LogP contribution in [0.4, 0.5) is 0 Å². The molecule has 6 heteroatoms. The summed E-state index contributed by atoms with van der Waals surface area (Å²) in [6.45, 7) is 1.87. The van der Waals surface area contributed by atoms with Crippen LogP contribution >= 0.6 is 46.0 Å². The number of benzene rings is 2. The number of nitrogens with one attached hydrogen (secondary N) is 1. The maximum Gasteiger partial charge on any atom is 0.250 e. The van der Waals surface area contributed by atoms with Gasteiger partial charge in [-0.3, -0.25) is 4.79 Å². The van der Waals surface area contributed by atoms with Crippen LogP contribution in [0.15, 0.2) is 53.6 Å². The molecule has 0 heterocycles. The van der Waals surface area contributed by atoms with E-state index in [0.29, 0.717) is 11.5 Å². The lowest BCUT2D eigenvalue weighted by molar-refractivity contribution is -0.118. The molecule has 2 aromatic rings. The number of halogens is 2. The molecular weight excluding hydrogens is 443 g/mol. The van der Waals surface area contributed by atoms with Gasteiger partial charge in [-0.05, 0) is 58.8 Å². The van der Waals surface area contributed by atoms with Crippen LogP contribution in [0.25, 0.3) is 0 Å². The number of thioether (sulfide) groups is 1. The van der Waals surface area contributed by atoms with Crippen molar-refractivity contribution in [1.29, 1.82) is 0 Å². The Balaban J connectivity index is 1.79. The van der Waals surface area contributed by atoms with Crippen LogP contribution in [0, 0.1) is 3.57 Å². The second kappa shape index (κ2) is 9.30. The first-order valence-electron chi connectivity index (χ1n) is 6.96. The van der Waals surface area contributed by atoms with E-state index in [2.05, 4.69) is 33.1 Å². The Hall–Kier alpha value is -1.05. The van der Waals surface area contributed by atoms with Gasteiger partial charge in [0.05, 0.1) is 11.5 Å². The summed E-state index contributed by atoms with van der Waals surface area (Å²) in [6, 6.07) is 15.6. The third-order valence-electron chi connectivity index (χ3n) is 3.06. The van der Waals surface area contributed by atoms with Crippen molar-refractivity contribution in [2.75, 3.05) is 5.75 Å². The van der Waals surface area contributed by atoms with Gasteiger partial charge in [0.1, 0.15) is 0 Å². The molecule has 0 atom stereocenters. The van der Waals surface area contributed by atoms with Gasteiger partial charge in [-0.2, -0.15) is 5.10 Å². The van der Waals surface area contributed by atoms with Crippen molar-refractivity contribution in [3.63, 3.8) is 0 Å². The average Bonchev–Trinajstić information content (AvgIpc) is 2.55. The number of hydrogen-bond donors (Lipinski definition) is 1. The quantitative estimate of drug-likeness (QED) is 0.387. The van der Waals surface area contributed by atoms with Gasteiger partial charge in [-0.15, -0.1) is 11.8 Å². The molecule has 0 aliphatic carbocycles. The van der Waals surface area contributed by atoms with Crippen molar-refractivity contribution in [3.8, 4) is 0 Å². The Morgan fingerprint density at radius 1 is 1.22 bits per heavy atom. The Morgan fingerprint density at radius 3 is 2.61 bits per heavy atom. The molecular formula is C17H16ClIN2OS. The minimum Gasteiger partial charge on any atom is -0.272 e. The lowest BCUT2D eigenvalue weighted by Gasteiger charge is -2.05. The number of carbonyl (C=O) groups is 1. The highest BCUT2D eigenvalue weighted by molar-refractivity contribution is 14.1. The number of hydrogen-bond acceptors (Lipinski definition) is 3. The lowest BCUT2D eigenvalue weighted by atomic mass is 10.1. The lowest BCUT2D eigenvalue weighted by Crippen LogP contribution is -2.21. The minimum atomic E-state index is -0.119. The molecule has 0 saturated carbocycles. The topological polar surface area (TPSA) is 41.5 Å². The maximum absolute atomic E-state index is 11.8. The maximum atomic E-state index is 11.8. The number of carbonyl (C=O) groups excluding carboxylic acids is 1. The molecule has 0 aliphatic heterocycles. The highest BCUT2D eigenvalue weighted by Crippen LogP contribution is 2.20. The van der Waals surface area contributed by atoms with Gasteiger partial charge >= 0.3 is 0 Å². The van der Waals surface area contributed by atoms with Crippen LogP contribution in [-0.2, 0) is 10.5 Å². The first-order chi connectivity index (χ1) is 11.1. The van der Waals surface area contributed by atoms with E-state index in [1.54, 1.807) is 0 Å². The minimum absolute atomic E-state index is 0.119. The normalized spacial score (nSPS) is 11.3. The molecule has 0 aliphatic rings. The molecule has 0 saturated heterocycles. The van der Waals surface area contributed by atoms with Gasteiger partial charge < -0.3 is 0 Å². The zero-order chi connectivity index (χ0) is 16.7. The number of hydrazone groups is 1. The highest BCUT2D eigenvalue weighted by Gasteiger charge is 2.04. The highest BCUT2D eigenvalue weighted by atomic mass is 127. The molecule has 2 rings (SSSR count). The molecule has 0 radical (unpaired) electrons. The van der Waals surface area contributed by atoms with Crippen LogP contribution in [0.5, 0.6) is 0 Å². The first-order valence-corrected chi connectivity index (χ1v) is 9.57. The van der Waals surface area contributed by atoms with E-state index in [1.807, 2.05) is 55.5 Å². The number of amides is 1. The molecule has 2 aromatic carbocycles. The Bertz CT molecular complexity index is 704. The van der Waals surface area contributed by atoms with E-state index < -0.39 is 0 Å².